The lowest BCUT2D eigenvalue weighted by Crippen LogP contribution is -2.12. The third kappa shape index (κ3) is 6.42. The number of hydrogen-bond donors (Lipinski definition) is 1. The SMILES string of the molecule is CCCOc1ccccc1/C=C/C(=O)Nc1scc(-c2ccc(OC)c(OC)c2)c1C(=O)OCC. The molecule has 184 valence electrons. The minimum atomic E-state index is -0.517. The molecule has 8 heteroatoms. The Kier molecular flexibility index (Phi) is 9.31. The van der Waals surface area contributed by atoms with Gasteiger partial charge in [0.25, 0.3) is 0 Å². The molecule has 3 rings (SSSR count). The van der Waals surface area contributed by atoms with Crippen LogP contribution in [-0.4, -0.2) is 39.3 Å². The zero-order valence-electron chi connectivity index (χ0n) is 20.3. The maximum absolute atomic E-state index is 12.8. The molecular weight excluding hydrogens is 466 g/mol. The summed E-state index contributed by atoms with van der Waals surface area (Å²) in [4.78, 5) is 25.6. The second-order valence-electron chi connectivity index (χ2n) is 7.35. The molecule has 0 fully saturated rings. The van der Waals surface area contributed by atoms with Gasteiger partial charge in [0.1, 0.15) is 16.3 Å². The van der Waals surface area contributed by atoms with Gasteiger partial charge in [-0.05, 0) is 43.2 Å². The normalized spacial score (nSPS) is 10.7. The Morgan fingerprint density at radius 2 is 1.77 bits per heavy atom. The average Bonchev–Trinajstić information content (AvgIpc) is 3.29. The van der Waals surface area contributed by atoms with Crippen molar-refractivity contribution in [1.29, 1.82) is 0 Å². The summed E-state index contributed by atoms with van der Waals surface area (Å²) < 4.78 is 21.7. The number of esters is 1. The number of para-hydroxylation sites is 1. The molecule has 0 saturated carbocycles. The molecule has 35 heavy (non-hydrogen) atoms. The summed E-state index contributed by atoms with van der Waals surface area (Å²) in [5.41, 5.74) is 2.45. The monoisotopic (exact) mass is 495 g/mol. The van der Waals surface area contributed by atoms with Crippen LogP contribution in [0.5, 0.6) is 17.2 Å². The lowest BCUT2D eigenvalue weighted by molar-refractivity contribution is -0.111. The topological polar surface area (TPSA) is 83.1 Å². The number of benzene rings is 2. The quantitative estimate of drug-likeness (QED) is 0.258. The van der Waals surface area contributed by atoms with E-state index in [1.165, 1.54) is 17.4 Å². The van der Waals surface area contributed by atoms with E-state index in [1.807, 2.05) is 37.3 Å². The van der Waals surface area contributed by atoms with Gasteiger partial charge in [-0.15, -0.1) is 11.3 Å². The van der Waals surface area contributed by atoms with Crippen molar-refractivity contribution in [2.75, 3.05) is 32.8 Å². The number of hydrogen-bond acceptors (Lipinski definition) is 7. The summed E-state index contributed by atoms with van der Waals surface area (Å²) in [5.74, 6) is 0.921. The summed E-state index contributed by atoms with van der Waals surface area (Å²) in [5, 5.41) is 5.03. The van der Waals surface area contributed by atoms with Crippen molar-refractivity contribution in [1.82, 2.24) is 0 Å². The number of anilines is 1. The van der Waals surface area contributed by atoms with Crippen molar-refractivity contribution in [3.8, 4) is 28.4 Å². The van der Waals surface area contributed by atoms with E-state index in [0.29, 0.717) is 34.4 Å². The number of carbonyl (C=O) groups excluding carboxylic acids is 2. The van der Waals surface area contributed by atoms with E-state index in [0.717, 1.165) is 17.5 Å². The molecular formula is C27H29NO6S. The van der Waals surface area contributed by atoms with Gasteiger partial charge in [-0.2, -0.15) is 0 Å². The van der Waals surface area contributed by atoms with Crippen LogP contribution in [0.15, 0.2) is 53.9 Å². The number of rotatable bonds is 11. The molecule has 1 heterocycles. The van der Waals surface area contributed by atoms with Gasteiger partial charge in [0.15, 0.2) is 11.5 Å². The highest BCUT2D eigenvalue weighted by molar-refractivity contribution is 7.15. The number of methoxy groups -OCH3 is 2. The molecule has 0 aliphatic carbocycles. The van der Waals surface area contributed by atoms with Gasteiger partial charge in [-0.1, -0.05) is 31.2 Å². The summed E-state index contributed by atoms with van der Waals surface area (Å²) in [6, 6.07) is 12.9. The Balaban J connectivity index is 1.89. The molecule has 0 bridgehead atoms. The smallest absolute Gasteiger partial charge is 0.341 e. The van der Waals surface area contributed by atoms with E-state index in [4.69, 9.17) is 18.9 Å². The second-order valence-corrected chi connectivity index (χ2v) is 8.23. The molecule has 0 radical (unpaired) electrons. The van der Waals surface area contributed by atoms with Crippen molar-refractivity contribution >= 4 is 34.3 Å². The van der Waals surface area contributed by atoms with E-state index < -0.39 is 5.97 Å². The van der Waals surface area contributed by atoms with Crippen molar-refractivity contribution in [2.24, 2.45) is 0 Å². The minimum absolute atomic E-state index is 0.210. The van der Waals surface area contributed by atoms with E-state index in [9.17, 15) is 9.59 Å². The van der Waals surface area contributed by atoms with E-state index in [1.54, 1.807) is 44.7 Å². The van der Waals surface area contributed by atoms with Crippen LogP contribution in [0.3, 0.4) is 0 Å². The van der Waals surface area contributed by atoms with Gasteiger partial charge >= 0.3 is 5.97 Å². The van der Waals surface area contributed by atoms with Crippen LogP contribution < -0.4 is 19.5 Å². The molecule has 3 aromatic rings. The molecule has 1 aromatic heterocycles. The van der Waals surface area contributed by atoms with Crippen LogP contribution in [0.4, 0.5) is 5.00 Å². The van der Waals surface area contributed by atoms with Gasteiger partial charge in [-0.3, -0.25) is 4.79 Å². The molecule has 1 N–H and O–H groups in total. The van der Waals surface area contributed by atoms with Crippen LogP contribution in [0.2, 0.25) is 0 Å². The fourth-order valence-electron chi connectivity index (χ4n) is 3.35. The van der Waals surface area contributed by atoms with Crippen molar-refractivity contribution < 1.29 is 28.5 Å². The highest BCUT2D eigenvalue weighted by atomic mass is 32.1. The lowest BCUT2D eigenvalue weighted by atomic mass is 10.0. The Morgan fingerprint density at radius 1 is 1.00 bits per heavy atom. The first-order valence-electron chi connectivity index (χ1n) is 11.2. The molecule has 1 amide bonds. The Bertz CT molecular complexity index is 1200. The Hall–Kier alpha value is -3.78. The molecule has 7 nitrogen and oxygen atoms in total. The number of amides is 1. The number of thiophene rings is 1. The number of carbonyl (C=O) groups is 2. The van der Waals surface area contributed by atoms with E-state index in [2.05, 4.69) is 5.32 Å². The van der Waals surface area contributed by atoms with E-state index in [-0.39, 0.29) is 18.1 Å². The molecule has 0 spiro atoms. The van der Waals surface area contributed by atoms with Gasteiger partial charge in [0.05, 0.1) is 27.4 Å². The zero-order chi connectivity index (χ0) is 25.2. The highest BCUT2D eigenvalue weighted by Gasteiger charge is 2.23. The second kappa shape index (κ2) is 12.6. The first-order valence-corrected chi connectivity index (χ1v) is 12.1. The summed E-state index contributed by atoms with van der Waals surface area (Å²) in [7, 11) is 3.10. The van der Waals surface area contributed by atoms with E-state index >= 15 is 0 Å². The molecule has 0 saturated heterocycles. The van der Waals surface area contributed by atoms with Crippen LogP contribution in [0, 0.1) is 0 Å². The van der Waals surface area contributed by atoms with Gasteiger partial charge in [0, 0.05) is 22.6 Å². The third-order valence-corrected chi connectivity index (χ3v) is 5.89. The van der Waals surface area contributed by atoms with Gasteiger partial charge in [0.2, 0.25) is 5.91 Å². The zero-order valence-corrected chi connectivity index (χ0v) is 21.1. The molecule has 0 atom stereocenters. The van der Waals surface area contributed by atoms with Gasteiger partial charge < -0.3 is 24.3 Å². The van der Waals surface area contributed by atoms with Crippen LogP contribution in [-0.2, 0) is 9.53 Å². The summed E-state index contributed by atoms with van der Waals surface area (Å²) in [6.45, 7) is 4.57. The van der Waals surface area contributed by atoms with Crippen molar-refractivity contribution in [3.63, 3.8) is 0 Å². The number of ether oxygens (including phenoxy) is 4. The summed E-state index contributed by atoms with van der Waals surface area (Å²) in [6.07, 6.45) is 3.99. The van der Waals surface area contributed by atoms with Crippen LogP contribution in [0.25, 0.3) is 17.2 Å². The standard InChI is InChI=1S/C27H29NO6S/c1-5-15-34-21-10-8-7-9-18(21)12-14-24(29)28-26-25(27(30)33-6-2)20(17-35-26)19-11-13-22(31-3)23(16-19)32-4/h7-14,16-17H,5-6,15H2,1-4H3,(H,28,29)/b14-12+. The van der Waals surface area contributed by atoms with Gasteiger partial charge in [-0.25, -0.2) is 4.79 Å². The molecule has 2 aromatic carbocycles. The largest absolute Gasteiger partial charge is 0.493 e. The van der Waals surface area contributed by atoms with Crippen molar-refractivity contribution in [3.05, 3.63) is 65.0 Å². The molecule has 0 aliphatic rings. The first-order chi connectivity index (χ1) is 17.0. The maximum Gasteiger partial charge on any atom is 0.341 e. The Morgan fingerprint density at radius 3 is 2.49 bits per heavy atom. The minimum Gasteiger partial charge on any atom is -0.493 e. The van der Waals surface area contributed by atoms with Crippen LogP contribution >= 0.6 is 11.3 Å². The molecule has 0 aliphatic heterocycles. The summed E-state index contributed by atoms with van der Waals surface area (Å²) >= 11 is 1.25. The predicted molar refractivity (Wildman–Crippen MR) is 139 cm³/mol. The molecule has 0 unspecified atom stereocenters. The van der Waals surface area contributed by atoms with Crippen LogP contribution in [0.1, 0.15) is 36.2 Å². The Labute approximate surface area is 209 Å². The fraction of sp³-hybridized carbons (Fsp3) is 0.259. The highest BCUT2D eigenvalue weighted by Crippen LogP contribution is 2.39. The third-order valence-electron chi connectivity index (χ3n) is 5.00. The average molecular weight is 496 g/mol. The van der Waals surface area contributed by atoms with Crippen molar-refractivity contribution in [2.45, 2.75) is 20.3 Å². The predicted octanol–water partition coefficient (Wildman–Crippen LogP) is 6.05. The maximum atomic E-state index is 12.8. The first kappa shape index (κ1) is 25.8. The number of nitrogens with one attached hydrogen (secondary N) is 1. The lowest BCUT2D eigenvalue weighted by Gasteiger charge is -2.11. The fourth-order valence-corrected chi connectivity index (χ4v) is 4.31.